The van der Waals surface area contributed by atoms with Gasteiger partial charge in [-0.15, -0.1) is 34.0 Å². The summed E-state index contributed by atoms with van der Waals surface area (Å²) >= 11 is 4.50. The van der Waals surface area contributed by atoms with Crippen LogP contribution in [0, 0.1) is 20.8 Å². The van der Waals surface area contributed by atoms with Gasteiger partial charge in [0.25, 0.3) is 11.8 Å². The third-order valence-electron chi connectivity index (χ3n) is 6.23. The first-order chi connectivity index (χ1) is 16.5. The topological polar surface area (TPSA) is 42.3 Å². The summed E-state index contributed by atoms with van der Waals surface area (Å²) in [5.41, 5.74) is 2.79. The molecular formula is C25H17F3N2O2S3. The lowest BCUT2D eigenvalue weighted by atomic mass is 10.1. The third-order valence-corrected chi connectivity index (χ3v) is 9.84. The average molecular weight is 531 g/mol. The molecule has 5 heterocycles. The lowest BCUT2D eigenvalue weighted by molar-refractivity contribution is -0.137. The van der Waals surface area contributed by atoms with E-state index in [1.807, 2.05) is 30.5 Å². The molecule has 1 aliphatic rings. The zero-order chi connectivity index (χ0) is 25.0. The molecule has 10 heteroatoms. The Morgan fingerprint density at radius 3 is 2.17 bits per heavy atom. The van der Waals surface area contributed by atoms with E-state index in [1.54, 1.807) is 24.3 Å². The minimum absolute atomic E-state index is 0.300. The van der Waals surface area contributed by atoms with Gasteiger partial charge in [-0.1, -0.05) is 0 Å². The highest BCUT2D eigenvalue weighted by atomic mass is 32.1. The first kappa shape index (κ1) is 22.5. The molecule has 0 saturated carbocycles. The fourth-order valence-corrected chi connectivity index (χ4v) is 8.25. The van der Waals surface area contributed by atoms with E-state index in [1.165, 1.54) is 35.8 Å². The number of hydrogen-bond acceptors (Lipinski definition) is 5. The molecule has 4 nitrogen and oxygen atoms in total. The molecule has 35 heavy (non-hydrogen) atoms. The van der Waals surface area contributed by atoms with Crippen molar-refractivity contribution >= 4 is 66.3 Å². The molecule has 0 fully saturated rings. The van der Waals surface area contributed by atoms with Gasteiger partial charge in [-0.3, -0.25) is 14.5 Å². The fraction of sp³-hybridized carbons (Fsp3) is 0.200. The van der Waals surface area contributed by atoms with E-state index < -0.39 is 11.7 Å². The number of carbonyl (C=O) groups is 2. The molecule has 1 aliphatic heterocycles. The normalized spacial score (nSPS) is 14.2. The maximum absolute atomic E-state index is 13.6. The van der Waals surface area contributed by atoms with Crippen molar-refractivity contribution in [2.75, 3.05) is 7.05 Å². The zero-order valence-electron chi connectivity index (χ0n) is 19.0. The number of aromatic nitrogens is 1. The van der Waals surface area contributed by atoms with Crippen LogP contribution in [-0.2, 0) is 6.18 Å². The van der Waals surface area contributed by atoms with E-state index in [4.69, 9.17) is 0 Å². The summed E-state index contributed by atoms with van der Waals surface area (Å²) in [7, 11) is 1.48. The minimum atomic E-state index is -4.45. The van der Waals surface area contributed by atoms with Gasteiger partial charge in [-0.25, -0.2) is 0 Å². The van der Waals surface area contributed by atoms with E-state index in [2.05, 4.69) is 0 Å². The molecule has 0 bridgehead atoms. The quantitative estimate of drug-likeness (QED) is 0.219. The van der Waals surface area contributed by atoms with Crippen molar-refractivity contribution in [2.45, 2.75) is 26.9 Å². The number of nitrogens with zero attached hydrogens (tertiary/aromatic N) is 2. The lowest BCUT2D eigenvalue weighted by Crippen LogP contribution is -2.24. The van der Waals surface area contributed by atoms with Gasteiger partial charge < -0.3 is 4.57 Å². The summed E-state index contributed by atoms with van der Waals surface area (Å²) < 4.78 is 44.6. The van der Waals surface area contributed by atoms with Crippen LogP contribution in [0.25, 0.3) is 35.9 Å². The van der Waals surface area contributed by atoms with Gasteiger partial charge in [0.2, 0.25) is 0 Å². The van der Waals surface area contributed by atoms with Crippen molar-refractivity contribution in [1.29, 1.82) is 0 Å². The molecule has 0 N–H and O–H groups in total. The SMILES string of the molecule is Cc1cc(-n2c3cc(C)sc3c3sc(-c4sc(C)c5c4C(=O)N(C)C5=O)cc32)cc(C(F)(F)F)c1. The standard InChI is InChI=1S/C25H17F3N2O2S3/c1-10-5-13(25(26,27)28)8-14(6-10)30-15-7-11(2)33-20(15)21-16(30)9-17(35-21)22-19-18(12(3)34-22)23(31)29(4)24(19)32/h5-9H,1-4H3. The molecule has 1 aromatic carbocycles. The molecule has 0 aliphatic carbocycles. The van der Waals surface area contributed by atoms with E-state index in [0.717, 1.165) is 50.9 Å². The van der Waals surface area contributed by atoms with Crippen LogP contribution in [0.3, 0.4) is 0 Å². The Bertz CT molecular complexity index is 1730. The summed E-state index contributed by atoms with van der Waals surface area (Å²) in [5.74, 6) is -0.623. The molecule has 0 atom stereocenters. The molecule has 0 spiro atoms. The van der Waals surface area contributed by atoms with Crippen LogP contribution in [0.2, 0.25) is 0 Å². The smallest absolute Gasteiger partial charge is 0.307 e. The number of hydrogen-bond donors (Lipinski definition) is 0. The average Bonchev–Trinajstić information content (AvgIpc) is 3.53. The predicted molar refractivity (Wildman–Crippen MR) is 135 cm³/mol. The molecular weight excluding hydrogens is 513 g/mol. The van der Waals surface area contributed by atoms with Crippen molar-refractivity contribution in [3.05, 3.63) is 62.3 Å². The molecule has 4 aromatic heterocycles. The maximum Gasteiger partial charge on any atom is 0.416 e. The molecule has 5 aromatic rings. The Hall–Kier alpha value is -2.95. The van der Waals surface area contributed by atoms with E-state index in [-0.39, 0.29) is 11.8 Å². The molecule has 6 rings (SSSR count). The second-order valence-corrected chi connectivity index (χ2v) is 12.2. The largest absolute Gasteiger partial charge is 0.416 e. The number of carbonyl (C=O) groups excluding carboxylic acids is 2. The number of imide groups is 1. The number of benzene rings is 1. The molecule has 0 radical (unpaired) electrons. The monoisotopic (exact) mass is 530 g/mol. The van der Waals surface area contributed by atoms with Crippen LogP contribution in [-0.4, -0.2) is 28.3 Å². The predicted octanol–water partition coefficient (Wildman–Crippen LogP) is 7.81. The van der Waals surface area contributed by atoms with E-state index >= 15 is 0 Å². The molecule has 2 amide bonds. The number of thiophene rings is 3. The number of rotatable bonds is 2. The summed E-state index contributed by atoms with van der Waals surface area (Å²) in [6.07, 6.45) is -4.45. The summed E-state index contributed by atoms with van der Waals surface area (Å²) in [6.45, 7) is 5.46. The first-order valence-electron chi connectivity index (χ1n) is 10.7. The van der Waals surface area contributed by atoms with Crippen molar-refractivity contribution in [1.82, 2.24) is 9.47 Å². The van der Waals surface area contributed by atoms with E-state index in [9.17, 15) is 22.8 Å². The van der Waals surface area contributed by atoms with Crippen LogP contribution in [0.1, 0.15) is 41.6 Å². The van der Waals surface area contributed by atoms with Crippen molar-refractivity contribution in [2.24, 2.45) is 0 Å². The number of fused-ring (bicyclic) bond motifs is 4. The van der Waals surface area contributed by atoms with Gasteiger partial charge in [0.1, 0.15) is 0 Å². The van der Waals surface area contributed by atoms with Gasteiger partial charge in [0.05, 0.1) is 42.0 Å². The van der Waals surface area contributed by atoms with Crippen LogP contribution >= 0.6 is 34.0 Å². The van der Waals surface area contributed by atoms with Crippen molar-refractivity contribution in [3.63, 3.8) is 0 Å². The first-order valence-corrected chi connectivity index (χ1v) is 13.1. The number of aryl methyl sites for hydroxylation is 3. The molecule has 0 unspecified atom stereocenters. The van der Waals surface area contributed by atoms with Gasteiger partial charge in [-0.2, -0.15) is 13.2 Å². The molecule has 0 saturated heterocycles. The highest BCUT2D eigenvalue weighted by Gasteiger charge is 2.39. The number of alkyl halides is 3. The number of halogens is 3. The highest BCUT2D eigenvalue weighted by molar-refractivity contribution is 7.30. The third kappa shape index (κ3) is 3.16. The van der Waals surface area contributed by atoms with Crippen LogP contribution in [0.5, 0.6) is 0 Å². The second-order valence-electron chi connectivity index (χ2n) is 8.69. The Morgan fingerprint density at radius 1 is 0.800 bits per heavy atom. The number of amides is 2. The summed E-state index contributed by atoms with van der Waals surface area (Å²) in [4.78, 5) is 30.0. The summed E-state index contributed by atoms with van der Waals surface area (Å²) in [5, 5.41) is 0. The van der Waals surface area contributed by atoms with Crippen LogP contribution < -0.4 is 0 Å². The van der Waals surface area contributed by atoms with Crippen molar-refractivity contribution < 1.29 is 22.8 Å². The Morgan fingerprint density at radius 2 is 1.46 bits per heavy atom. The zero-order valence-corrected chi connectivity index (χ0v) is 21.4. The Labute approximate surface area is 209 Å². The molecule has 178 valence electrons. The second kappa shape index (κ2) is 7.28. The van der Waals surface area contributed by atoms with Crippen LogP contribution in [0.4, 0.5) is 13.2 Å². The van der Waals surface area contributed by atoms with Gasteiger partial charge in [-0.05, 0) is 56.7 Å². The minimum Gasteiger partial charge on any atom is -0.307 e. The summed E-state index contributed by atoms with van der Waals surface area (Å²) in [6, 6.07) is 8.00. The lowest BCUT2D eigenvalue weighted by Gasteiger charge is -2.12. The van der Waals surface area contributed by atoms with Gasteiger partial charge >= 0.3 is 6.18 Å². The maximum atomic E-state index is 13.6. The fourth-order valence-electron chi connectivity index (χ4n) is 4.72. The van der Waals surface area contributed by atoms with Gasteiger partial charge in [0.15, 0.2) is 0 Å². The Balaban J connectivity index is 1.64. The van der Waals surface area contributed by atoms with Crippen LogP contribution in [0.15, 0.2) is 30.3 Å². The van der Waals surface area contributed by atoms with Crippen molar-refractivity contribution in [3.8, 4) is 15.4 Å². The van der Waals surface area contributed by atoms with E-state index in [0.29, 0.717) is 22.4 Å². The van der Waals surface area contributed by atoms with Gasteiger partial charge in [0, 0.05) is 27.4 Å². The highest BCUT2D eigenvalue weighted by Crippen LogP contribution is 2.49. The Kier molecular flexibility index (Phi) is 4.68.